The predicted molar refractivity (Wildman–Crippen MR) is 48.6 cm³/mol. The smallest absolute Gasteiger partial charge is 0.0349 e. The molecule has 0 aromatic heterocycles. The Morgan fingerprint density at radius 3 is 1.25 bits per heavy atom. The van der Waals surface area contributed by atoms with Gasteiger partial charge in [0.25, 0.3) is 0 Å². The lowest BCUT2D eigenvalue weighted by molar-refractivity contribution is 0.522. The summed E-state index contributed by atoms with van der Waals surface area (Å²) in [5, 5.41) is 0. The van der Waals surface area contributed by atoms with E-state index in [2.05, 4.69) is 0 Å². The Kier molecular flexibility index (Phi) is 1.03. The highest BCUT2D eigenvalue weighted by atomic mass is 14.6. The van der Waals surface area contributed by atoms with Gasteiger partial charge in [-0.15, -0.1) is 0 Å². The zero-order valence-corrected chi connectivity index (χ0v) is 7.71. The Morgan fingerprint density at radius 1 is 0.500 bits per heavy atom. The third-order valence-electron chi connectivity index (χ3n) is 4.79. The molecule has 0 aliphatic heterocycles. The lowest BCUT2D eigenvalue weighted by Gasteiger charge is -1.95. The van der Waals surface area contributed by atoms with Crippen molar-refractivity contribution in [2.45, 2.75) is 38.5 Å². The molecule has 4 saturated carbocycles. The largest absolute Gasteiger partial charge is 0.0499 e. The first-order valence-electron chi connectivity index (χ1n) is 5.93. The lowest BCUT2D eigenvalue weighted by Crippen LogP contribution is -1.91. The van der Waals surface area contributed by atoms with Crippen LogP contribution in [-0.2, 0) is 0 Å². The van der Waals surface area contributed by atoms with E-state index in [1.54, 1.807) is 38.5 Å². The van der Waals surface area contributed by atoms with Crippen LogP contribution in [0.4, 0.5) is 0 Å². The second-order valence-electron chi connectivity index (χ2n) is 5.80. The molecule has 0 amide bonds. The molecular formula is C12H18. The van der Waals surface area contributed by atoms with E-state index in [0.29, 0.717) is 0 Å². The molecule has 4 rings (SSSR count). The van der Waals surface area contributed by atoms with Gasteiger partial charge >= 0.3 is 0 Å². The van der Waals surface area contributed by atoms with Crippen LogP contribution in [0.1, 0.15) is 38.5 Å². The molecule has 0 aromatic rings. The Bertz CT molecular complexity index is 188. The SMILES string of the molecule is C1CC1[C@H]1C[C@@H]1[C@H]1C[C@H]1C1CC1. The average Bonchev–Trinajstić information content (AvgIpc) is 2.81. The molecule has 0 spiro atoms. The van der Waals surface area contributed by atoms with Crippen molar-refractivity contribution in [1.82, 2.24) is 0 Å². The lowest BCUT2D eigenvalue weighted by atomic mass is 10.1. The summed E-state index contributed by atoms with van der Waals surface area (Å²) in [6, 6.07) is 0. The van der Waals surface area contributed by atoms with E-state index in [-0.39, 0.29) is 0 Å². The average molecular weight is 162 g/mol. The van der Waals surface area contributed by atoms with Crippen molar-refractivity contribution in [1.29, 1.82) is 0 Å². The van der Waals surface area contributed by atoms with Crippen molar-refractivity contribution in [3.8, 4) is 0 Å². The summed E-state index contributed by atoms with van der Waals surface area (Å²) in [4.78, 5) is 0. The maximum atomic E-state index is 1.64. The van der Waals surface area contributed by atoms with E-state index in [1.807, 2.05) is 0 Å². The fourth-order valence-electron chi connectivity index (χ4n) is 3.59. The molecule has 12 heavy (non-hydrogen) atoms. The van der Waals surface area contributed by atoms with Gasteiger partial charge in [0.15, 0.2) is 0 Å². The molecule has 0 N–H and O–H groups in total. The van der Waals surface area contributed by atoms with Crippen molar-refractivity contribution < 1.29 is 0 Å². The van der Waals surface area contributed by atoms with Gasteiger partial charge in [-0.25, -0.2) is 0 Å². The van der Waals surface area contributed by atoms with Gasteiger partial charge in [-0.1, -0.05) is 0 Å². The predicted octanol–water partition coefficient (Wildman–Crippen LogP) is 3.08. The van der Waals surface area contributed by atoms with Crippen LogP contribution in [0.3, 0.4) is 0 Å². The maximum Gasteiger partial charge on any atom is -0.0349 e. The van der Waals surface area contributed by atoms with E-state index in [9.17, 15) is 0 Å². The molecule has 0 nitrogen and oxygen atoms in total. The van der Waals surface area contributed by atoms with Gasteiger partial charge in [0.05, 0.1) is 0 Å². The third-order valence-corrected chi connectivity index (χ3v) is 4.79. The minimum atomic E-state index is 1.22. The minimum absolute atomic E-state index is 1.22. The van der Waals surface area contributed by atoms with Crippen LogP contribution in [0.25, 0.3) is 0 Å². The number of hydrogen-bond donors (Lipinski definition) is 0. The van der Waals surface area contributed by atoms with E-state index >= 15 is 0 Å². The topological polar surface area (TPSA) is 0 Å². The quantitative estimate of drug-likeness (QED) is 0.598. The van der Waals surface area contributed by atoms with Crippen molar-refractivity contribution in [2.75, 3.05) is 0 Å². The molecule has 4 fully saturated rings. The molecule has 66 valence electrons. The van der Waals surface area contributed by atoms with Gasteiger partial charge in [-0.05, 0) is 74.0 Å². The van der Waals surface area contributed by atoms with Crippen LogP contribution in [-0.4, -0.2) is 0 Å². The Morgan fingerprint density at radius 2 is 0.917 bits per heavy atom. The van der Waals surface area contributed by atoms with E-state index < -0.39 is 0 Å². The summed E-state index contributed by atoms with van der Waals surface area (Å²) >= 11 is 0. The van der Waals surface area contributed by atoms with Gasteiger partial charge in [0, 0.05) is 0 Å². The molecule has 4 aliphatic rings. The first-order valence-corrected chi connectivity index (χ1v) is 5.93. The highest BCUT2D eigenvalue weighted by molar-refractivity contribution is 5.09. The first kappa shape index (κ1) is 6.45. The van der Waals surface area contributed by atoms with Crippen molar-refractivity contribution in [2.24, 2.45) is 35.5 Å². The van der Waals surface area contributed by atoms with Crippen molar-refractivity contribution in [3.05, 3.63) is 0 Å². The zero-order chi connectivity index (χ0) is 7.71. The first-order chi connectivity index (χ1) is 5.93. The molecule has 0 unspecified atom stereocenters. The maximum absolute atomic E-state index is 1.64. The molecule has 4 aliphatic carbocycles. The second kappa shape index (κ2) is 1.91. The van der Waals surface area contributed by atoms with Crippen LogP contribution in [0, 0.1) is 35.5 Å². The second-order valence-corrected chi connectivity index (χ2v) is 5.80. The number of hydrogen-bond acceptors (Lipinski definition) is 0. The van der Waals surface area contributed by atoms with Gasteiger partial charge in [-0.2, -0.15) is 0 Å². The minimum Gasteiger partial charge on any atom is -0.0499 e. The molecule has 0 saturated heterocycles. The Balaban J connectivity index is 1.37. The monoisotopic (exact) mass is 162 g/mol. The molecule has 0 aromatic carbocycles. The molecule has 0 radical (unpaired) electrons. The summed E-state index contributed by atoms with van der Waals surface area (Å²) in [5.74, 6) is 7.38. The third kappa shape index (κ3) is 0.900. The van der Waals surface area contributed by atoms with Crippen LogP contribution in [0.15, 0.2) is 0 Å². The summed E-state index contributed by atoms with van der Waals surface area (Å²) in [6.07, 6.45) is 9.62. The standard InChI is InChI=1S/C12H18/c1-2-7(1)9-5-11(9)12-6-10(12)8-3-4-8/h7-12H,1-6H2/t9-,10+,11-,12-/m0/s1. The normalized spacial score (nSPS) is 57.0. The molecule has 4 atom stereocenters. The van der Waals surface area contributed by atoms with Crippen LogP contribution in [0.2, 0.25) is 0 Å². The summed E-state index contributed by atoms with van der Waals surface area (Å²) < 4.78 is 0. The van der Waals surface area contributed by atoms with E-state index in [0.717, 1.165) is 0 Å². The Labute approximate surface area is 74.7 Å². The molecular weight excluding hydrogens is 144 g/mol. The Hall–Kier alpha value is 0. The van der Waals surface area contributed by atoms with Crippen LogP contribution in [0.5, 0.6) is 0 Å². The van der Waals surface area contributed by atoms with Gasteiger partial charge in [0.2, 0.25) is 0 Å². The highest BCUT2D eigenvalue weighted by Gasteiger charge is 2.59. The van der Waals surface area contributed by atoms with E-state index in [1.165, 1.54) is 35.5 Å². The zero-order valence-electron chi connectivity index (χ0n) is 7.71. The van der Waals surface area contributed by atoms with Crippen LogP contribution >= 0.6 is 0 Å². The molecule has 0 heterocycles. The van der Waals surface area contributed by atoms with Crippen molar-refractivity contribution in [3.63, 3.8) is 0 Å². The van der Waals surface area contributed by atoms with Gasteiger partial charge < -0.3 is 0 Å². The fourth-order valence-corrected chi connectivity index (χ4v) is 3.59. The van der Waals surface area contributed by atoms with Gasteiger partial charge in [-0.3, -0.25) is 0 Å². The van der Waals surface area contributed by atoms with E-state index in [4.69, 9.17) is 0 Å². The number of rotatable bonds is 3. The molecule has 0 heteroatoms. The van der Waals surface area contributed by atoms with Gasteiger partial charge in [0.1, 0.15) is 0 Å². The molecule has 0 bridgehead atoms. The fraction of sp³-hybridized carbons (Fsp3) is 1.00. The summed E-state index contributed by atoms with van der Waals surface area (Å²) in [6.45, 7) is 0. The van der Waals surface area contributed by atoms with Crippen molar-refractivity contribution >= 4 is 0 Å². The summed E-state index contributed by atoms with van der Waals surface area (Å²) in [7, 11) is 0. The highest BCUT2D eigenvalue weighted by Crippen LogP contribution is 2.68. The van der Waals surface area contributed by atoms with Crippen LogP contribution < -0.4 is 0 Å². The summed E-state index contributed by atoms with van der Waals surface area (Å²) in [5.41, 5.74) is 0.